The molecule has 2 heterocycles. The zero-order chi connectivity index (χ0) is 19.8. The molecular formula is C21H34IN7. The second-order valence-corrected chi connectivity index (χ2v) is 7.40. The van der Waals surface area contributed by atoms with Gasteiger partial charge in [-0.2, -0.15) is 0 Å². The van der Waals surface area contributed by atoms with Gasteiger partial charge in [-0.15, -0.1) is 34.2 Å². The van der Waals surface area contributed by atoms with E-state index in [4.69, 9.17) is 4.99 Å². The third-order valence-corrected chi connectivity index (χ3v) is 5.34. The largest absolute Gasteiger partial charge is 0.357 e. The number of nitrogens with one attached hydrogen (secondary N) is 2. The molecule has 1 aliphatic rings. The highest BCUT2D eigenvalue weighted by molar-refractivity contribution is 14.0. The molecule has 2 aromatic rings. The first-order chi connectivity index (χ1) is 13.7. The van der Waals surface area contributed by atoms with E-state index in [0.717, 1.165) is 50.8 Å². The van der Waals surface area contributed by atoms with Crippen molar-refractivity contribution in [2.75, 3.05) is 13.1 Å². The highest BCUT2D eigenvalue weighted by Crippen LogP contribution is 2.20. The molecule has 29 heavy (non-hydrogen) atoms. The maximum atomic E-state index is 4.73. The molecule has 160 valence electrons. The van der Waals surface area contributed by atoms with Gasteiger partial charge in [-0.3, -0.25) is 4.90 Å². The number of aliphatic imine (C=N–C) groups is 1. The molecule has 2 atom stereocenters. The van der Waals surface area contributed by atoms with Crippen molar-refractivity contribution in [1.29, 1.82) is 0 Å². The fraction of sp³-hybridized carbons (Fsp3) is 0.571. The fourth-order valence-electron chi connectivity index (χ4n) is 3.73. The van der Waals surface area contributed by atoms with E-state index in [1.165, 1.54) is 5.56 Å². The Morgan fingerprint density at radius 2 is 2.03 bits per heavy atom. The lowest BCUT2D eigenvalue weighted by Crippen LogP contribution is -2.51. The van der Waals surface area contributed by atoms with Crippen LogP contribution >= 0.6 is 24.0 Å². The number of nitrogens with zero attached hydrogens (tertiary/aromatic N) is 5. The third kappa shape index (κ3) is 6.95. The zero-order valence-corrected chi connectivity index (χ0v) is 20.0. The highest BCUT2D eigenvalue weighted by atomic mass is 127. The van der Waals surface area contributed by atoms with Crippen LogP contribution in [0.4, 0.5) is 0 Å². The summed E-state index contributed by atoms with van der Waals surface area (Å²) in [5, 5.41) is 15.1. The molecule has 1 aromatic heterocycles. The Bertz CT molecular complexity index is 746. The number of hydrogen-bond acceptors (Lipinski definition) is 4. The number of guanidine groups is 1. The molecule has 0 radical (unpaired) electrons. The Balaban J connectivity index is 0.00000300. The summed E-state index contributed by atoms with van der Waals surface area (Å²) in [5.41, 5.74) is 1.38. The lowest BCUT2D eigenvalue weighted by Gasteiger charge is -2.38. The number of aromatic nitrogens is 3. The van der Waals surface area contributed by atoms with Gasteiger partial charge in [-0.1, -0.05) is 30.3 Å². The topological polar surface area (TPSA) is 70.4 Å². The Kier molecular flexibility index (Phi) is 9.86. The fourth-order valence-corrected chi connectivity index (χ4v) is 3.73. The van der Waals surface area contributed by atoms with Gasteiger partial charge < -0.3 is 15.2 Å². The summed E-state index contributed by atoms with van der Waals surface area (Å²) in [4.78, 5) is 7.30. The average molecular weight is 511 g/mol. The summed E-state index contributed by atoms with van der Waals surface area (Å²) in [6.45, 7) is 10.9. The van der Waals surface area contributed by atoms with E-state index in [9.17, 15) is 0 Å². The Morgan fingerprint density at radius 3 is 2.72 bits per heavy atom. The first kappa shape index (κ1) is 23.6. The van der Waals surface area contributed by atoms with Gasteiger partial charge in [-0.25, -0.2) is 4.99 Å². The quantitative estimate of drug-likeness (QED) is 0.340. The van der Waals surface area contributed by atoms with E-state index in [1.54, 1.807) is 6.33 Å². The smallest absolute Gasteiger partial charge is 0.191 e. The maximum Gasteiger partial charge on any atom is 0.191 e. The summed E-state index contributed by atoms with van der Waals surface area (Å²) >= 11 is 0. The lowest BCUT2D eigenvalue weighted by molar-refractivity contribution is 0.134. The van der Waals surface area contributed by atoms with Crippen molar-refractivity contribution in [3.63, 3.8) is 0 Å². The predicted octanol–water partition coefficient (Wildman–Crippen LogP) is 3.02. The summed E-state index contributed by atoms with van der Waals surface area (Å²) in [7, 11) is 0. The number of piperidine rings is 1. The molecule has 7 nitrogen and oxygen atoms in total. The van der Waals surface area contributed by atoms with E-state index in [0.29, 0.717) is 18.6 Å². The van der Waals surface area contributed by atoms with Crippen molar-refractivity contribution in [3.05, 3.63) is 48.0 Å². The Labute approximate surface area is 191 Å². The van der Waals surface area contributed by atoms with Crippen molar-refractivity contribution >= 4 is 29.9 Å². The van der Waals surface area contributed by atoms with Crippen molar-refractivity contribution in [1.82, 2.24) is 30.3 Å². The number of likely N-dealkylation sites (tertiary alicyclic amines) is 1. The Hall–Kier alpha value is -1.68. The van der Waals surface area contributed by atoms with Gasteiger partial charge in [0.15, 0.2) is 11.8 Å². The summed E-state index contributed by atoms with van der Waals surface area (Å²) in [6, 6.07) is 11.7. The Morgan fingerprint density at radius 1 is 1.24 bits per heavy atom. The molecule has 0 aliphatic carbocycles. The minimum Gasteiger partial charge on any atom is -0.357 e. The van der Waals surface area contributed by atoms with Crippen LogP contribution < -0.4 is 10.6 Å². The highest BCUT2D eigenvalue weighted by Gasteiger charge is 2.26. The molecule has 1 aromatic carbocycles. The van der Waals surface area contributed by atoms with Crippen LogP contribution in [0, 0.1) is 0 Å². The molecule has 0 saturated carbocycles. The standard InChI is InChI=1S/C21H33N7.HI/c1-4-22-21(23-14-20-26-24-16-27(20)5-2)25-19-11-12-28(17(3)13-19)15-18-9-7-6-8-10-18;/h6-10,16-17,19H,4-5,11-15H2,1-3H3,(H2,22,23,25);1H. The molecular weight excluding hydrogens is 477 g/mol. The SMILES string of the molecule is CCNC(=NCc1nncn1CC)NC1CCN(Cc2ccccc2)C(C)C1.I. The number of hydrogen-bond donors (Lipinski definition) is 2. The molecule has 1 saturated heterocycles. The van der Waals surface area contributed by atoms with E-state index >= 15 is 0 Å². The first-order valence-electron chi connectivity index (χ1n) is 10.4. The number of aryl methyl sites for hydroxylation is 1. The van der Waals surface area contributed by atoms with Crippen LogP contribution in [0.25, 0.3) is 0 Å². The van der Waals surface area contributed by atoms with Crippen LogP contribution in [0.5, 0.6) is 0 Å². The minimum atomic E-state index is 0. The number of halogens is 1. The van der Waals surface area contributed by atoms with Crippen molar-refractivity contribution in [3.8, 4) is 0 Å². The molecule has 0 amide bonds. The molecule has 2 unspecified atom stereocenters. The van der Waals surface area contributed by atoms with Crippen LogP contribution in [-0.2, 0) is 19.6 Å². The third-order valence-electron chi connectivity index (χ3n) is 5.34. The van der Waals surface area contributed by atoms with Crippen LogP contribution in [-0.4, -0.2) is 50.8 Å². The van der Waals surface area contributed by atoms with E-state index in [-0.39, 0.29) is 24.0 Å². The number of benzene rings is 1. The van der Waals surface area contributed by atoms with E-state index < -0.39 is 0 Å². The van der Waals surface area contributed by atoms with E-state index in [1.807, 2.05) is 4.57 Å². The van der Waals surface area contributed by atoms with Gasteiger partial charge in [0, 0.05) is 38.3 Å². The predicted molar refractivity (Wildman–Crippen MR) is 128 cm³/mol. The monoisotopic (exact) mass is 511 g/mol. The van der Waals surface area contributed by atoms with Gasteiger partial charge in [0.05, 0.1) is 0 Å². The first-order valence-corrected chi connectivity index (χ1v) is 10.4. The van der Waals surface area contributed by atoms with Gasteiger partial charge in [0.25, 0.3) is 0 Å². The molecule has 0 bridgehead atoms. The van der Waals surface area contributed by atoms with E-state index in [2.05, 4.69) is 76.8 Å². The summed E-state index contributed by atoms with van der Waals surface area (Å²) in [5.74, 6) is 1.76. The minimum absolute atomic E-state index is 0. The van der Waals surface area contributed by atoms with Crippen LogP contribution in [0.15, 0.2) is 41.7 Å². The molecule has 3 rings (SSSR count). The lowest BCUT2D eigenvalue weighted by atomic mass is 9.97. The van der Waals surface area contributed by atoms with Crippen molar-refractivity contribution in [2.24, 2.45) is 4.99 Å². The maximum absolute atomic E-state index is 4.73. The van der Waals surface area contributed by atoms with Gasteiger partial charge in [-0.05, 0) is 39.2 Å². The molecule has 8 heteroatoms. The van der Waals surface area contributed by atoms with Gasteiger partial charge >= 0.3 is 0 Å². The summed E-state index contributed by atoms with van der Waals surface area (Å²) < 4.78 is 2.03. The molecule has 1 aliphatic heterocycles. The summed E-state index contributed by atoms with van der Waals surface area (Å²) in [6.07, 6.45) is 3.99. The molecule has 0 spiro atoms. The van der Waals surface area contributed by atoms with Crippen molar-refractivity contribution < 1.29 is 0 Å². The second kappa shape index (κ2) is 12.1. The van der Waals surface area contributed by atoms with Crippen molar-refractivity contribution in [2.45, 2.75) is 65.3 Å². The average Bonchev–Trinajstić information content (AvgIpc) is 3.17. The molecule has 2 N–H and O–H groups in total. The van der Waals surface area contributed by atoms with Crippen LogP contribution in [0.1, 0.15) is 45.0 Å². The van der Waals surface area contributed by atoms with Crippen LogP contribution in [0.3, 0.4) is 0 Å². The van der Waals surface area contributed by atoms with Crippen LogP contribution in [0.2, 0.25) is 0 Å². The van der Waals surface area contributed by atoms with Gasteiger partial charge in [0.2, 0.25) is 0 Å². The normalized spacial score (nSPS) is 20.2. The number of rotatable bonds is 7. The zero-order valence-electron chi connectivity index (χ0n) is 17.7. The molecule has 1 fully saturated rings. The van der Waals surface area contributed by atoms with Gasteiger partial charge in [0.1, 0.15) is 12.9 Å². The second-order valence-electron chi connectivity index (χ2n) is 7.40.